The van der Waals surface area contributed by atoms with Gasteiger partial charge in [0.25, 0.3) is 0 Å². The molecule has 7 heteroatoms. The van der Waals surface area contributed by atoms with Crippen molar-refractivity contribution in [1.29, 1.82) is 0 Å². The van der Waals surface area contributed by atoms with Gasteiger partial charge in [-0.1, -0.05) is 36.4 Å². The number of ether oxygens (including phenoxy) is 2. The van der Waals surface area contributed by atoms with E-state index in [-0.39, 0.29) is 12.1 Å². The SMILES string of the molecule is COC(=O)c1cccc(COc2cccc(-c3c(C)cnc4c(C(F)(F)F)cccc34)c2)c1. The maximum absolute atomic E-state index is 13.5. The molecule has 33 heavy (non-hydrogen) atoms. The van der Waals surface area contributed by atoms with Crippen molar-refractivity contribution in [1.82, 2.24) is 4.98 Å². The second kappa shape index (κ2) is 8.94. The topological polar surface area (TPSA) is 48.4 Å². The highest BCUT2D eigenvalue weighted by Crippen LogP contribution is 2.38. The van der Waals surface area contributed by atoms with E-state index < -0.39 is 17.7 Å². The first-order chi connectivity index (χ1) is 15.8. The highest BCUT2D eigenvalue weighted by atomic mass is 19.4. The molecule has 4 nitrogen and oxygen atoms in total. The summed E-state index contributed by atoms with van der Waals surface area (Å²) in [5.74, 6) is 0.115. The minimum atomic E-state index is -4.50. The highest BCUT2D eigenvalue weighted by Gasteiger charge is 2.33. The van der Waals surface area contributed by atoms with E-state index in [1.54, 1.807) is 42.5 Å². The third-order valence-electron chi connectivity index (χ3n) is 5.27. The Bertz CT molecular complexity index is 1330. The van der Waals surface area contributed by atoms with Crippen molar-refractivity contribution < 1.29 is 27.4 Å². The summed E-state index contributed by atoms with van der Waals surface area (Å²) in [6, 6.07) is 18.2. The van der Waals surface area contributed by atoms with E-state index >= 15 is 0 Å². The lowest BCUT2D eigenvalue weighted by Crippen LogP contribution is -2.07. The van der Waals surface area contributed by atoms with Gasteiger partial charge < -0.3 is 9.47 Å². The number of pyridine rings is 1. The van der Waals surface area contributed by atoms with Crippen LogP contribution >= 0.6 is 0 Å². The van der Waals surface area contributed by atoms with Gasteiger partial charge in [-0.15, -0.1) is 0 Å². The number of hydrogen-bond acceptors (Lipinski definition) is 4. The summed E-state index contributed by atoms with van der Waals surface area (Å²) in [4.78, 5) is 15.8. The molecule has 1 heterocycles. The van der Waals surface area contributed by atoms with E-state index in [0.29, 0.717) is 22.3 Å². The van der Waals surface area contributed by atoms with E-state index in [2.05, 4.69) is 4.98 Å². The van der Waals surface area contributed by atoms with Gasteiger partial charge in [-0.25, -0.2) is 4.79 Å². The van der Waals surface area contributed by atoms with Crippen LogP contribution in [0.15, 0.2) is 72.9 Å². The molecular formula is C26H20F3NO3. The predicted molar refractivity (Wildman–Crippen MR) is 119 cm³/mol. The average Bonchev–Trinajstić information content (AvgIpc) is 2.81. The molecule has 0 amide bonds. The van der Waals surface area contributed by atoms with Crippen molar-refractivity contribution in [2.75, 3.05) is 7.11 Å². The molecule has 0 aliphatic carbocycles. The number of carbonyl (C=O) groups excluding carboxylic acids is 1. The Labute approximate surface area is 188 Å². The molecule has 0 unspecified atom stereocenters. The number of aryl methyl sites for hydroxylation is 1. The van der Waals surface area contributed by atoms with Crippen LogP contribution in [0.4, 0.5) is 13.2 Å². The molecule has 3 aromatic carbocycles. The molecular weight excluding hydrogens is 431 g/mol. The fraction of sp³-hybridized carbons (Fsp3) is 0.154. The van der Waals surface area contributed by atoms with Crippen LogP contribution in [0.25, 0.3) is 22.0 Å². The van der Waals surface area contributed by atoms with Crippen LogP contribution in [0.2, 0.25) is 0 Å². The van der Waals surface area contributed by atoms with Crippen LogP contribution in [-0.2, 0) is 17.5 Å². The fourth-order valence-corrected chi connectivity index (χ4v) is 3.75. The number of para-hydroxylation sites is 1. The zero-order valence-electron chi connectivity index (χ0n) is 17.9. The van der Waals surface area contributed by atoms with Crippen LogP contribution in [-0.4, -0.2) is 18.1 Å². The Morgan fingerprint density at radius 3 is 2.52 bits per heavy atom. The number of halogens is 3. The average molecular weight is 451 g/mol. The van der Waals surface area contributed by atoms with E-state index in [1.807, 2.05) is 19.1 Å². The first-order valence-corrected chi connectivity index (χ1v) is 10.1. The Morgan fingerprint density at radius 2 is 1.76 bits per heavy atom. The summed E-state index contributed by atoms with van der Waals surface area (Å²) in [7, 11) is 1.32. The Kier molecular flexibility index (Phi) is 6.05. The Hall–Kier alpha value is -3.87. The lowest BCUT2D eigenvalue weighted by molar-refractivity contribution is -0.136. The van der Waals surface area contributed by atoms with E-state index in [9.17, 15) is 18.0 Å². The molecule has 0 aliphatic heterocycles. The molecule has 0 saturated heterocycles. The second-order valence-corrected chi connectivity index (χ2v) is 7.52. The molecule has 0 fully saturated rings. The number of benzene rings is 3. The first-order valence-electron chi connectivity index (χ1n) is 10.1. The third-order valence-corrected chi connectivity index (χ3v) is 5.27. The predicted octanol–water partition coefficient (Wildman–Crippen LogP) is 6.59. The molecule has 168 valence electrons. The van der Waals surface area contributed by atoms with Gasteiger partial charge in [-0.05, 0) is 59.5 Å². The van der Waals surface area contributed by atoms with Gasteiger partial charge in [0.15, 0.2) is 0 Å². The number of carbonyl (C=O) groups is 1. The molecule has 4 aromatic rings. The Morgan fingerprint density at radius 1 is 1.00 bits per heavy atom. The van der Waals surface area contributed by atoms with Gasteiger partial charge in [-0.2, -0.15) is 13.2 Å². The zero-order valence-corrected chi connectivity index (χ0v) is 17.9. The van der Waals surface area contributed by atoms with Crippen LogP contribution in [0.1, 0.15) is 27.0 Å². The minimum absolute atomic E-state index is 0.0865. The molecule has 0 spiro atoms. The number of alkyl halides is 3. The van der Waals surface area contributed by atoms with Crippen molar-refractivity contribution in [3.05, 3.63) is 95.2 Å². The number of rotatable bonds is 5. The number of methoxy groups -OCH3 is 1. The molecule has 1 aromatic heterocycles. The largest absolute Gasteiger partial charge is 0.489 e. The lowest BCUT2D eigenvalue weighted by Gasteiger charge is -2.15. The maximum atomic E-state index is 13.5. The van der Waals surface area contributed by atoms with Gasteiger partial charge in [0, 0.05) is 11.6 Å². The number of nitrogens with zero attached hydrogens (tertiary/aromatic N) is 1. The van der Waals surface area contributed by atoms with Crippen molar-refractivity contribution in [3.8, 4) is 16.9 Å². The first kappa shape index (κ1) is 22.3. The van der Waals surface area contributed by atoms with Gasteiger partial charge in [0.1, 0.15) is 12.4 Å². The van der Waals surface area contributed by atoms with Crippen molar-refractivity contribution in [2.45, 2.75) is 19.7 Å². The molecule has 4 rings (SSSR count). The second-order valence-electron chi connectivity index (χ2n) is 7.52. The number of esters is 1. The molecule has 0 radical (unpaired) electrons. The number of fused-ring (bicyclic) bond motifs is 1. The lowest BCUT2D eigenvalue weighted by atomic mass is 9.95. The van der Waals surface area contributed by atoms with Gasteiger partial charge in [0.05, 0.1) is 23.8 Å². The van der Waals surface area contributed by atoms with Crippen LogP contribution in [0.3, 0.4) is 0 Å². The third kappa shape index (κ3) is 4.67. The van der Waals surface area contributed by atoms with Crippen molar-refractivity contribution >= 4 is 16.9 Å². The molecule has 0 bridgehead atoms. The standard InChI is InChI=1S/C26H20F3NO3/c1-16-14-30-24-21(10-5-11-22(24)26(27,28)29)23(16)18-7-4-9-20(13-18)33-15-17-6-3-8-19(12-17)25(31)32-2/h3-14H,15H2,1-2H3. The van der Waals surface area contributed by atoms with Gasteiger partial charge >= 0.3 is 12.1 Å². The summed E-state index contributed by atoms with van der Waals surface area (Å²) in [6.07, 6.45) is -3.04. The fourth-order valence-electron chi connectivity index (χ4n) is 3.75. The summed E-state index contributed by atoms with van der Waals surface area (Å²) in [5, 5.41) is 0.424. The number of hydrogen-bond donors (Lipinski definition) is 0. The summed E-state index contributed by atoms with van der Waals surface area (Å²) >= 11 is 0. The van der Waals surface area contributed by atoms with E-state index in [0.717, 1.165) is 22.8 Å². The molecule has 0 aliphatic rings. The highest BCUT2D eigenvalue weighted by molar-refractivity contribution is 5.97. The van der Waals surface area contributed by atoms with Crippen molar-refractivity contribution in [2.24, 2.45) is 0 Å². The molecule has 0 saturated carbocycles. The summed E-state index contributed by atoms with van der Waals surface area (Å²) in [6.45, 7) is 2.02. The van der Waals surface area contributed by atoms with Crippen LogP contribution < -0.4 is 4.74 Å². The van der Waals surface area contributed by atoms with E-state index in [1.165, 1.54) is 19.4 Å². The summed E-state index contributed by atoms with van der Waals surface area (Å²) in [5.41, 5.74) is 2.50. The van der Waals surface area contributed by atoms with Gasteiger partial charge in [-0.3, -0.25) is 4.98 Å². The monoisotopic (exact) mass is 451 g/mol. The smallest absolute Gasteiger partial charge is 0.418 e. The van der Waals surface area contributed by atoms with Crippen molar-refractivity contribution in [3.63, 3.8) is 0 Å². The van der Waals surface area contributed by atoms with Crippen LogP contribution in [0.5, 0.6) is 5.75 Å². The minimum Gasteiger partial charge on any atom is -0.489 e. The molecule has 0 atom stereocenters. The zero-order chi connectivity index (χ0) is 23.6. The quantitative estimate of drug-likeness (QED) is 0.321. The number of aromatic nitrogens is 1. The maximum Gasteiger partial charge on any atom is 0.418 e. The molecule has 0 N–H and O–H groups in total. The summed E-state index contributed by atoms with van der Waals surface area (Å²) < 4.78 is 51.1. The Balaban J connectivity index is 1.67. The van der Waals surface area contributed by atoms with Gasteiger partial charge in [0.2, 0.25) is 0 Å². The normalized spacial score (nSPS) is 11.4. The van der Waals surface area contributed by atoms with E-state index in [4.69, 9.17) is 9.47 Å². The van der Waals surface area contributed by atoms with Crippen LogP contribution in [0, 0.1) is 6.92 Å².